The average molecular weight is 244 g/mol. The van der Waals surface area contributed by atoms with E-state index in [4.69, 9.17) is 4.74 Å². The second-order valence-corrected chi connectivity index (χ2v) is 4.18. The molecule has 0 saturated heterocycles. The van der Waals surface area contributed by atoms with E-state index < -0.39 is 17.7 Å². The fourth-order valence-electron chi connectivity index (χ4n) is 1.61. The average Bonchev–Trinajstić information content (AvgIpc) is 2.31. The largest absolute Gasteiger partial charge is 0.393 e. The zero-order valence-electron chi connectivity index (χ0n) is 10.1. The van der Waals surface area contributed by atoms with Crippen molar-refractivity contribution in [3.8, 4) is 0 Å². The lowest BCUT2D eigenvalue weighted by Gasteiger charge is -2.14. The molecule has 17 heavy (non-hydrogen) atoms. The molecule has 2 unspecified atom stereocenters. The highest BCUT2D eigenvalue weighted by Gasteiger charge is 2.14. The van der Waals surface area contributed by atoms with Crippen LogP contribution < -0.4 is 0 Å². The maximum Gasteiger partial charge on any atom is 0.129 e. The summed E-state index contributed by atoms with van der Waals surface area (Å²) >= 11 is 0. The second-order valence-electron chi connectivity index (χ2n) is 4.18. The molecule has 0 radical (unpaired) electrons. The van der Waals surface area contributed by atoms with Gasteiger partial charge in [0.1, 0.15) is 11.6 Å². The van der Waals surface area contributed by atoms with Crippen molar-refractivity contribution in [2.24, 2.45) is 0 Å². The van der Waals surface area contributed by atoms with Crippen molar-refractivity contribution in [1.29, 1.82) is 0 Å². The predicted molar refractivity (Wildman–Crippen MR) is 61.8 cm³/mol. The van der Waals surface area contributed by atoms with Gasteiger partial charge in [-0.25, -0.2) is 8.78 Å². The first-order valence-corrected chi connectivity index (χ1v) is 5.68. The van der Waals surface area contributed by atoms with Gasteiger partial charge in [0.05, 0.1) is 12.2 Å². The summed E-state index contributed by atoms with van der Waals surface area (Å²) in [5.74, 6) is -1.22. The third-order valence-corrected chi connectivity index (χ3v) is 2.81. The Hall–Kier alpha value is -1.00. The number of rotatable bonds is 6. The molecule has 4 heteroatoms. The number of hydrogen-bond acceptors (Lipinski definition) is 2. The van der Waals surface area contributed by atoms with Gasteiger partial charge in [-0.2, -0.15) is 0 Å². The Bertz CT molecular complexity index is 335. The molecule has 0 aliphatic carbocycles. The summed E-state index contributed by atoms with van der Waals surface area (Å²) in [5, 5.41) is 9.71. The van der Waals surface area contributed by atoms with E-state index in [1.807, 2.05) is 6.92 Å². The standard InChI is InChI=1S/C13H18F2O2/c1-9(17-2)6-7-10(16)8-11-12(14)4-3-5-13(11)15/h3-5,9-10,16H,6-8H2,1-2H3. The minimum atomic E-state index is -0.751. The van der Waals surface area contributed by atoms with Crippen LogP contribution in [-0.2, 0) is 11.2 Å². The summed E-state index contributed by atoms with van der Waals surface area (Å²) in [4.78, 5) is 0. The van der Waals surface area contributed by atoms with Crippen LogP contribution in [0, 0.1) is 11.6 Å². The summed E-state index contributed by atoms with van der Waals surface area (Å²) in [5.41, 5.74) is -0.0509. The van der Waals surface area contributed by atoms with E-state index in [2.05, 4.69) is 0 Å². The topological polar surface area (TPSA) is 29.5 Å². The predicted octanol–water partition coefficient (Wildman–Crippen LogP) is 2.68. The molecule has 0 spiro atoms. The highest BCUT2D eigenvalue weighted by molar-refractivity contribution is 5.20. The molecular weight excluding hydrogens is 226 g/mol. The van der Waals surface area contributed by atoms with Crippen LogP contribution in [0.25, 0.3) is 0 Å². The van der Waals surface area contributed by atoms with E-state index in [0.717, 1.165) is 0 Å². The molecule has 96 valence electrons. The smallest absolute Gasteiger partial charge is 0.129 e. The summed E-state index contributed by atoms with van der Waals surface area (Å²) in [6.45, 7) is 1.89. The zero-order valence-corrected chi connectivity index (χ0v) is 10.1. The number of aliphatic hydroxyl groups is 1. The fourth-order valence-corrected chi connectivity index (χ4v) is 1.61. The van der Waals surface area contributed by atoms with Gasteiger partial charge in [0.2, 0.25) is 0 Å². The Balaban J connectivity index is 2.53. The lowest BCUT2D eigenvalue weighted by molar-refractivity contribution is 0.0846. The highest BCUT2D eigenvalue weighted by Crippen LogP contribution is 2.16. The number of halogens is 2. The van der Waals surface area contributed by atoms with Gasteiger partial charge in [-0.05, 0) is 31.9 Å². The molecule has 1 rings (SSSR count). The Morgan fingerprint density at radius 1 is 1.24 bits per heavy atom. The van der Waals surface area contributed by atoms with Crippen molar-refractivity contribution >= 4 is 0 Å². The SMILES string of the molecule is COC(C)CCC(O)Cc1c(F)cccc1F. The molecular formula is C13H18F2O2. The van der Waals surface area contributed by atoms with E-state index in [-0.39, 0.29) is 18.1 Å². The monoisotopic (exact) mass is 244 g/mol. The molecule has 0 aromatic heterocycles. The number of hydrogen-bond donors (Lipinski definition) is 1. The second kappa shape index (κ2) is 6.67. The number of benzene rings is 1. The number of aliphatic hydroxyl groups excluding tert-OH is 1. The maximum atomic E-state index is 13.3. The van der Waals surface area contributed by atoms with Crippen molar-refractivity contribution in [2.75, 3.05) is 7.11 Å². The van der Waals surface area contributed by atoms with E-state index in [1.54, 1.807) is 7.11 Å². The lowest BCUT2D eigenvalue weighted by atomic mass is 10.0. The number of ether oxygens (including phenoxy) is 1. The Morgan fingerprint density at radius 2 is 1.82 bits per heavy atom. The summed E-state index contributed by atoms with van der Waals surface area (Å²) in [6.07, 6.45) is 0.403. The van der Waals surface area contributed by atoms with Gasteiger partial charge in [0, 0.05) is 19.1 Å². The third-order valence-electron chi connectivity index (χ3n) is 2.81. The molecule has 0 amide bonds. The molecule has 0 fully saturated rings. The van der Waals surface area contributed by atoms with Gasteiger partial charge in [0.25, 0.3) is 0 Å². The van der Waals surface area contributed by atoms with Crippen LogP contribution in [0.15, 0.2) is 18.2 Å². The molecule has 1 aromatic rings. The Morgan fingerprint density at radius 3 is 2.35 bits per heavy atom. The van der Waals surface area contributed by atoms with Crippen LogP contribution in [0.5, 0.6) is 0 Å². The van der Waals surface area contributed by atoms with Crippen LogP contribution in [0.1, 0.15) is 25.3 Å². The van der Waals surface area contributed by atoms with Gasteiger partial charge in [-0.3, -0.25) is 0 Å². The molecule has 0 aliphatic rings. The van der Waals surface area contributed by atoms with Crippen LogP contribution in [0.2, 0.25) is 0 Å². The van der Waals surface area contributed by atoms with Gasteiger partial charge >= 0.3 is 0 Å². The molecule has 0 bridgehead atoms. The molecule has 0 heterocycles. The van der Waals surface area contributed by atoms with E-state index >= 15 is 0 Å². The van der Waals surface area contributed by atoms with E-state index in [1.165, 1.54) is 18.2 Å². The third kappa shape index (κ3) is 4.40. The quantitative estimate of drug-likeness (QED) is 0.833. The Labute approximate surface area is 100 Å². The van der Waals surface area contributed by atoms with E-state index in [9.17, 15) is 13.9 Å². The molecule has 2 atom stereocenters. The van der Waals surface area contributed by atoms with Gasteiger partial charge in [-0.1, -0.05) is 6.07 Å². The van der Waals surface area contributed by atoms with Crippen LogP contribution in [-0.4, -0.2) is 24.4 Å². The maximum absolute atomic E-state index is 13.3. The van der Waals surface area contributed by atoms with Crippen LogP contribution in [0.3, 0.4) is 0 Å². The molecule has 1 aromatic carbocycles. The fraction of sp³-hybridized carbons (Fsp3) is 0.538. The minimum absolute atomic E-state index is 0.00502. The van der Waals surface area contributed by atoms with Crippen molar-refractivity contribution < 1.29 is 18.6 Å². The number of methoxy groups -OCH3 is 1. The first kappa shape index (κ1) is 14.1. The zero-order chi connectivity index (χ0) is 12.8. The summed E-state index contributed by atoms with van der Waals surface area (Å²) in [7, 11) is 1.59. The molecule has 0 aliphatic heterocycles. The molecule has 0 saturated carbocycles. The van der Waals surface area contributed by atoms with Crippen LogP contribution in [0.4, 0.5) is 8.78 Å². The van der Waals surface area contributed by atoms with Crippen molar-refractivity contribution in [1.82, 2.24) is 0 Å². The van der Waals surface area contributed by atoms with Crippen molar-refractivity contribution in [3.63, 3.8) is 0 Å². The van der Waals surface area contributed by atoms with E-state index in [0.29, 0.717) is 12.8 Å². The molecule has 1 N–H and O–H groups in total. The molecule has 2 nitrogen and oxygen atoms in total. The first-order valence-electron chi connectivity index (χ1n) is 5.68. The first-order chi connectivity index (χ1) is 8.04. The van der Waals surface area contributed by atoms with Crippen molar-refractivity contribution in [2.45, 2.75) is 38.4 Å². The van der Waals surface area contributed by atoms with Gasteiger partial charge in [0.15, 0.2) is 0 Å². The van der Waals surface area contributed by atoms with Crippen molar-refractivity contribution in [3.05, 3.63) is 35.4 Å². The summed E-state index contributed by atoms with van der Waals surface area (Å²) in [6, 6.07) is 3.71. The normalized spacial score (nSPS) is 14.6. The Kier molecular flexibility index (Phi) is 5.51. The highest BCUT2D eigenvalue weighted by atomic mass is 19.1. The van der Waals surface area contributed by atoms with Crippen LogP contribution >= 0.6 is 0 Å². The summed E-state index contributed by atoms with van der Waals surface area (Å²) < 4.78 is 31.6. The lowest BCUT2D eigenvalue weighted by Crippen LogP contribution is -2.16. The van der Waals surface area contributed by atoms with Gasteiger partial charge in [-0.15, -0.1) is 0 Å². The minimum Gasteiger partial charge on any atom is -0.393 e. The van der Waals surface area contributed by atoms with Gasteiger partial charge < -0.3 is 9.84 Å².